The molecule has 1 aliphatic carbocycles. The van der Waals surface area contributed by atoms with Crippen LogP contribution in [0.2, 0.25) is 5.02 Å². The van der Waals surface area contributed by atoms with Crippen molar-refractivity contribution in [3.63, 3.8) is 0 Å². The van der Waals surface area contributed by atoms with Gasteiger partial charge >= 0.3 is 5.97 Å². The number of nitrogens with zero attached hydrogens (tertiary/aromatic N) is 1. The molecule has 0 aliphatic heterocycles. The van der Waals surface area contributed by atoms with Crippen LogP contribution in [0.5, 0.6) is 0 Å². The minimum atomic E-state index is -0.825. The van der Waals surface area contributed by atoms with Crippen LogP contribution < -0.4 is 5.32 Å². The highest BCUT2D eigenvalue weighted by Crippen LogP contribution is 2.30. The van der Waals surface area contributed by atoms with Crippen LogP contribution in [0.4, 0.5) is 0 Å². The molecule has 1 aromatic carbocycles. The molecule has 3 rings (SSSR count). The number of esters is 1. The van der Waals surface area contributed by atoms with E-state index in [1.807, 2.05) is 12.1 Å². The van der Waals surface area contributed by atoms with Gasteiger partial charge in [-0.25, -0.2) is 9.78 Å². The largest absolute Gasteiger partial charge is 0.448 e. The molecule has 1 saturated carbocycles. The number of aryl methyl sites for hydroxylation is 1. The van der Waals surface area contributed by atoms with E-state index in [1.165, 1.54) is 11.3 Å². The van der Waals surface area contributed by atoms with Gasteiger partial charge in [-0.1, -0.05) is 23.7 Å². The number of hydrogen-bond donors (Lipinski definition) is 1. The molecule has 1 unspecified atom stereocenters. The number of halogens is 1. The Kier molecular flexibility index (Phi) is 4.87. The van der Waals surface area contributed by atoms with Gasteiger partial charge < -0.3 is 10.1 Å². The van der Waals surface area contributed by atoms with Crippen LogP contribution in [0, 0.1) is 6.92 Å². The third-order valence-corrected chi connectivity index (χ3v) is 5.05. The van der Waals surface area contributed by atoms with Crippen LogP contribution >= 0.6 is 22.9 Å². The number of benzene rings is 1. The van der Waals surface area contributed by atoms with Crippen LogP contribution in [-0.4, -0.2) is 29.0 Å². The van der Waals surface area contributed by atoms with Gasteiger partial charge in [0.2, 0.25) is 0 Å². The predicted molar refractivity (Wildman–Crippen MR) is 93.3 cm³/mol. The van der Waals surface area contributed by atoms with E-state index in [0.29, 0.717) is 20.6 Å². The average Bonchev–Trinajstić information content (AvgIpc) is 3.26. The van der Waals surface area contributed by atoms with Gasteiger partial charge in [0.25, 0.3) is 5.91 Å². The van der Waals surface area contributed by atoms with Crippen LogP contribution in [0.3, 0.4) is 0 Å². The van der Waals surface area contributed by atoms with E-state index >= 15 is 0 Å². The van der Waals surface area contributed by atoms with Gasteiger partial charge in [-0.2, -0.15) is 0 Å². The van der Waals surface area contributed by atoms with Gasteiger partial charge in [-0.15, -0.1) is 11.3 Å². The number of ether oxygens (including phenoxy) is 1. The van der Waals surface area contributed by atoms with E-state index in [4.69, 9.17) is 16.3 Å². The molecular weight excluding hydrogens is 348 g/mol. The van der Waals surface area contributed by atoms with Crippen molar-refractivity contribution >= 4 is 34.8 Å². The fourth-order valence-corrected chi connectivity index (χ4v) is 3.28. The van der Waals surface area contributed by atoms with Gasteiger partial charge in [0.05, 0.1) is 5.69 Å². The zero-order valence-electron chi connectivity index (χ0n) is 13.3. The first kappa shape index (κ1) is 16.9. The summed E-state index contributed by atoms with van der Waals surface area (Å²) in [5.74, 6) is -0.792. The molecule has 2 aromatic rings. The molecule has 1 fully saturated rings. The molecule has 1 amide bonds. The number of nitrogens with one attached hydrogen (secondary N) is 1. The fourth-order valence-electron chi connectivity index (χ4n) is 2.14. The standard InChI is InChI=1S/C17H17ClN2O3S/c1-9-14(17(22)23-10(2)15(21)20-13-6-7-13)24-16(19-9)11-4-3-5-12(18)8-11/h3-5,8,10,13H,6-7H2,1-2H3,(H,20,21). The van der Waals surface area contributed by atoms with Crippen LogP contribution in [0.1, 0.15) is 35.1 Å². The molecule has 126 valence electrons. The maximum atomic E-state index is 12.3. The third-order valence-electron chi connectivity index (χ3n) is 3.63. The van der Waals surface area contributed by atoms with E-state index in [9.17, 15) is 9.59 Å². The second-order valence-corrected chi connectivity index (χ2v) is 7.21. The van der Waals surface area contributed by atoms with E-state index in [-0.39, 0.29) is 11.9 Å². The highest BCUT2D eigenvalue weighted by atomic mass is 35.5. The van der Waals surface area contributed by atoms with Gasteiger partial charge in [-0.05, 0) is 38.8 Å². The lowest BCUT2D eigenvalue weighted by Crippen LogP contribution is -2.37. The third kappa shape index (κ3) is 3.94. The first-order chi connectivity index (χ1) is 11.4. The van der Waals surface area contributed by atoms with E-state index < -0.39 is 12.1 Å². The number of amides is 1. The summed E-state index contributed by atoms with van der Waals surface area (Å²) in [5.41, 5.74) is 1.42. The summed E-state index contributed by atoms with van der Waals surface area (Å²) in [5, 5.41) is 4.12. The minimum absolute atomic E-state index is 0.234. The van der Waals surface area contributed by atoms with Crippen LogP contribution in [-0.2, 0) is 9.53 Å². The summed E-state index contributed by atoms with van der Waals surface area (Å²) in [7, 11) is 0. The van der Waals surface area contributed by atoms with E-state index in [1.54, 1.807) is 26.0 Å². The van der Waals surface area contributed by atoms with Crippen molar-refractivity contribution in [3.8, 4) is 10.6 Å². The smallest absolute Gasteiger partial charge is 0.351 e. The van der Waals surface area contributed by atoms with Gasteiger partial charge in [0.1, 0.15) is 9.88 Å². The molecule has 1 atom stereocenters. The van der Waals surface area contributed by atoms with Crippen molar-refractivity contribution in [1.82, 2.24) is 10.3 Å². The molecule has 7 heteroatoms. The van der Waals surface area contributed by atoms with Crippen molar-refractivity contribution in [2.24, 2.45) is 0 Å². The zero-order chi connectivity index (χ0) is 17.3. The highest BCUT2D eigenvalue weighted by Gasteiger charge is 2.28. The summed E-state index contributed by atoms with van der Waals surface area (Å²) in [6.07, 6.45) is 1.15. The molecule has 5 nitrogen and oxygen atoms in total. The Labute approximate surface area is 149 Å². The van der Waals surface area contributed by atoms with Crippen molar-refractivity contribution in [2.45, 2.75) is 38.8 Å². The highest BCUT2D eigenvalue weighted by molar-refractivity contribution is 7.17. The molecule has 0 spiro atoms. The quantitative estimate of drug-likeness (QED) is 0.823. The summed E-state index contributed by atoms with van der Waals surface area (Å²) in [4.78, 5) is 29.0. The molecule has 0 saturated heterocycles. The Morgan fingerprint density at radius 2 is 2.17 bits per heavy atom. The van der Waals surface area contributed by atoms with Crippen molar-refractivity contribution in [3.05, 3.63) is 39.9 Å². The zero-order valence-corrected chi connectivity index (χ0v) is 14.9. The lowest BCUT2D eigenvalue weighted by atomic mass is 10.2. The van der Waals surface area contributed by atoms with E-state index in [0.717, 1.165) is 18.4 Å². The van der Waals surface area contributed by atoms with Crippen molar-refractivity contribution < 1.29 is 14.3 Å². The van der Waals surface area contributed by atoms with Crippen molar-refractivity contribution in [2.75, 3.05) is 0 Å². The molecule has 0 radical (unpaired) electrons. The maximum Gasteiger partial charge on any atom is 0.351 e. The molecule has 1 heterocycles. The maximum absolute atomic E-state index is 12.3. The average molecular weight is 365 g/mol. The van der Waals surface area contributed by atoms with Gasteiger partial charge in [0, 0.05) is 16.6 Å². The number of thiazole rings is 1. The van der Waals surface area contributed by atoms with Crippen molar-refractivity contribution in [1.29, 1.82) is 0 Å². The summed E-state index contributed by atoms with van der Waals surface area (Å²) in [6, 6.07) is 7.52. The number of hydrogen-bond acceptors (Lipinski definition) is 5. The molecule has 1 aromatic heterocycles. The van der Waals surface area contributed by atoms with Crippen LogP contribution in [0.25, 0.3) is 10.6 Å². The predicted octanol–water partition coefficient (Wildman–Crippen LogP) is 3.60. The Balaban J connectivity index is 1.72. The lowest BCUT2D eigenvalue weighted by molar-refractivity contribution is -0.129. The van der Waals surface area contributed by atoms with Gasteiger partial charge in [-0.3, -0.25) is 4.79 Å². The first-order valence-corrected chi connectivity index (χ1v) is 8.88. The summed E-state index contributed by atoms with van der Waals surface area (Å²) >= 11 is 7.23. The summed E-state index contributed by atoms with van der Waals surface area (Å²) in [6.45, 7) is 3.32. The number of carbonyl (C=O) groups is 2. The topological polar surface area (TPSA) is 68.3 Å². The van der Waals surface area contributed by atoms with E-state index in [2.05, 4.69) is 10.3 Å². The Hall–Kier alpha value is -1.92. The SMILES string of the molecule is Cc1nc(-c2cccc(Cl)c2)sc1C(=O)OC(C)C(=O)NC1CC1. The number of aromatic nitrogens is 1. The lowest BCUT2D eigenvalue weighted by Gasteiger charge is -2.12. The second-order valence-electron chi connectivity index (χ2n) is 5.77. The Morgan fingerprint density at radius 3 is 2.83 bits per heavy atom. The summed E-state index contributed by atoms with van der Waals surface area (Å²) < 4.78 is 5.27. The molecular formula is C17H17ClN2O3S. The Morgan fingerprint density at radius 1 is 1.42 bits per heavy atom. The molecule has 1 N–H and O–H groups in total. The second kappa shape index (κ2) is 6.91. The number of carbonyl (C=O) groups excluding carboxylic acids is 2. The number of rotatable bonds is 5. The minimum Gasteiger partial charge on any atom is -0.448 e. The Bertz CT molecular complexity index is 786. The molecule has 0 bridgehead atoms. The fraction of sp³-hybridized carbons (Fsp3) is 0.353. The first-order valence-electron chi connectivity index (χ1n) is 7.69. The van der Waals surface area contributed by atoms with Gasteiger partial charge in [0.15, 0.2) is 6.10 Å². The monoisotopic (exact) mass is 364 g/mol. The molecule has 24 heavy (non-hydrogen) atoms. The van der Waals surface area contributed by atoms with Crippen LogP contribution in [0.15, 0.2) is 24.3 Å². The normalized spacial score (nSPS) is 15.0. The molecule has 1 aliphatic rings.